The number of carbonyl (C=O) groups is 1. The van der Waals surface area contributed by atoms with Gasteiger partial charge in [-0.15, -0.1) is 0 Å². The quantitative estimate of drug-likeness (QED) is 0.407. The van der Waals surface area contributed by atoms with Crippen LogP contribution in [-0.4, -0.2) is 48.5 Å². The Hall–Kier alpha value is -2.83. The normalized spacial score (nSPS) is 15.4. The van der Waals surface area contributed by atoms with Crippen LogP contribution in [0.3, 0.4) is 0 Å². The largest absolute Gasteiger partial charge is 0.494 e. The summed E-state index contributed by atoms with van der Waals surface area (Å²) in [6.45, 7) is 11.8. The van der Waals surface area contributed by atoms with E-state index in [1.807, 2.05) is 38.1 Å². The fourth-order valence-electron chi connectivity index (χ4n) is 4.66. The average molecular weight is 483 g/mol. The number of ether oxygens (including phenoxy) is 1. The Kier molecular flexibility index (Phi) is 7.29. The summed E-state index contributed by atoms with van der Waals surface area (Å²) in [7, 11) is 0. The van der Waals surface area contributed by atoms with Gasteiger partial charge in [0, 0.05) is 11.6 Å². The summed E-state index contributed by atoms with van der Waals surface area (Å²) in [5.41, 5.74) is 2.15. The molecule has 0 spiro atoms. The molecule has 0 radical (unpaired) electrons. The van der Waals surface area contributed by atoms with Crippen molar-refractivity contribution in [3.63, 3.8) is 0 Å². The van der Waals surface area contributed by atoms with E-state index in [0.29, 0.717) is 40.5 Å². The third-order valence-corrected chi connectivity index (χ3v) is 6.91. The molecule has 7 heteroatoms. The summed E-state index contributed by atoms with van der Waals surface area (Å²) in [6, 6.07) is 10.4. The number of carbonyl (C=O) groups excluding carboxylic acids is 1. The molecular formula is C27H31ClN2O4. The minimum Gasteiger partial charge on any atom is -0.494 e. The lowest BCUT2D eigenvalue weighted by molar-refractivity contribution is 0.0720. The molecule has 1 aliphatic heterocycles. The van der Waals surface area contributed by atoms with Crippen molar-refractivity contribution in [2.24, 2.45) is 0 Å². The molecule has 1 unspecified atom stereocenters. The summed E-state index contributed by atoms with van der Waals surface area (Å²) in [6.07, 6.45) is 0.793. The van der Waals surface area contributed by atoms with Gasteiger partial charge in [0.25, 0.3) is 5.91 Å². The van der Waals surface area contributed by atoms with Crippen LogP contribution >= 0.6 is 11.6 Å². The topological polar surface area (TPSA) is 63.0 Å². The first kappa shape index (κ1) is 24.3. The molecule has 0 fully saturated rings. The highest BCUT2D eigenvalue weighted by Gasteiger charge is 2.42. The van der Waals surface area contributed by atoms with Crippen molar-refractivity contribution >= 4 is 28.5 Å². The van der Waals surface area contributed by atoms with Crippen molar-refractivity contribution in [1.29, 1.82) is 0 Å². The van der Waals surface area contributed by atoms with Crippen LogP contribution in [0.1, 0.15) is 60.5 Å². The van der Waals surface area contributed by atoms with Crippen molar-refractivity contribution < 1.29 is 13.9 Å². The van der Waals surface area contributed by atoms with E-state index in [9.17, 15) is 9.59 Å². The number of amides is 1. The minimum atomic E-state index is -0.541. The first-order valence-corrected chi connectivity index (χ1v) is 12.3. The molecule has 34 heavy (non-hydrogen) atoms. The van der Waals surface area contributed by atoms with Gasteiger partial charge in [-0.3, -0.25) is 9.59 Å². The van der Waals surface area contributed by atoms with E-state index in [2.05, 4.69) is 18.7 Å². The van der Waals surface area contributed by atoms with E-state index in [0.717, 1.165) is 37.2 Å². The van der Waals surface area contributed by atoms with Crippen LogP contribution in [0.15, 0.2) is 45.6 Å². The van der Waals surface area contributed by atoms with Gasteiger partial charge in [0.15, 0.2) is 5.43 Å². The summed E-state index contributed by atoms with van der Waals surface area (Å²) in [5.74, 6) is 0.565. The standard InChI is InChI=1S/C27H31ClN2O4/c1-5-29(6-2)12-9-13-30-24(18-10-8-11-19(15-18)33-7-3)23-25(31)20-16-21(28)17(4)14-22(20)34-26(23)27(30)32/h8,10-11,14-16,24H,5-7,9,12-13H2,1-4H3. The lowest BCUT2D eigenvalue weighted by Crippen LogP contribution is -2.33. The zero-order valence-corrected chi connectivity index (χ0v) is 20.9. The highest BCUT2D eigenvalue weighted by molar-refractivity contribution is 6.32. The van der Waals surface area contributed by atoms with Crippen LogP contribution in [0.25, 0.3) is 11.0 Å². The molecule has 6 nitrogen and oxygen atoms in total. The molecule has 2 heterocycles. The van der Waals surface area contributed by atoms with E-state index in [1.165, 1.54) is 0 Å². The SMILES string of the molecule is CCOc1cccc(C2c3c(oc4cc(C)c(Cl)cc4c3=O)C(=O)N2CCCN(CC)CC)c1. The second-order valence-corrected chi connectivity index (χ2v) is 8.97. The first-order valence-electron chi connectivity index (χ1n) is 11.9. The van der Waals surface area contributed by atoms with E-state index in [4.69, 9.17) is 20.8 Å². The first-order chi connectivity index (χ1) is 16.4. The highest BCUT2D eigenvalue weighted by Crippen LogP contribution is 2.39. The zero-order chi connectivity index (χ0) is 24.4. The molecule has 2 aromatic carbocycles. The number of halogens is 1. The second kappa shape index (κ2) is 10.2. The smallest absolute Gasteiger partial charge is 0.290 e. The molecule has 1 aromatic heterocycles. The molecule has 0 saturated heterocycles. The van der Waals surface area contributed by atoms with Gasteiger partial charge in [0.2, 0.25) is 5.76 Å². The van der Waals surface area contributed by atoms with Crippen molar-refractivity contribution in [1.82, 2.24) is 9.80 Å². The third kappa shape index (κ3) is 4.44. The second-order valence-electron chi connectivity index (χ2n) is 8.56. The molecule has 1 amide bonds. The van der Waals surface area contributed by atoms with Crippen LogP contribution in [-0.2, 0) is 0 Å². The van der Waals surface area contributed by atoms with E-state index < -0.39 is 6.04 Å². The van der Waals surface area contributed by atoms with Crippen molar-refractivity contribution in [2.45, 2.75) is 40.2 Å². The maximum absolute atomic E-state index is 13.7. The van der Waals surface area contributed by atoms with Crippen LogP contribution in [0.5, 0.6) is 5.75 Å². The fraction of sp³-hybridized carbons (Fsp3) is 0.407. The van der Waals surface area contributed by atoms with Crippen molar-refractivity contribution in [3.05, 3.63) is 74.1 Å². The van der Waals surface area contributed by atoms with E-state index >= 15 is 0 Å². The molecule has 0 aliphatic carbocycles. The number of rotatable bonds is 9. The zero-order valence-electron chi connectivity index (χ0n) is 20.2. The third-order valence-electron chi connectivity index (χ3n) is 6.50. The average Bonchev–Trinajstić information content (AvgIpc) is 3.10. The molecule has 1 atom stereocenters. The summed E-state index contributed by atoms with van der Waals surface area (Å²) >= 11 is 6.32. The molecule has 0 N–H and O–H groups in total. The maximum Gasteiger partial charge on any atom is 0.290 e. The molecule has 3 aromatic rings. The van der Waals surface area contributed by atoms with E-state index in [-0.39, 0.29) is 17.1 Å². The molecule has 1 aliphatic rings. The highest BCUT2D eigenvalue weighted by atomic mass is 35.5. The number of nitrogens with zero attached hydrogens (tertiary/aromatic N) is 2. The van der Waals surface area contributed by atoms with Gasteiger partial charge in [-0.05, 0) is 75.3 Å². The van der Waals surface area contributed by atoms with Gasteiger partial charge in [0.05, 0.1) is 23.6 Å². The predicted molar refractivity (Wildman–Crippen MR) is 135 cm³/mol. The Labute approximate surface area is 205 Å². The fourth-order valence-corrected chi connectivity index (χ4v) is 4.83. The van der Waals surface area contributed by atoms with Gasteiger partial charge in [-0.25, -0.2) is 0 Å². The monoisotopic (exact) mass is 482 g/mol. The van der Waals surface area contributed by atoms with Gasteiger partial charge in [0.1, 0.15) is 11.3 Å². The summed E-state index contributed by atoms with van der Waals surface area (Å²) in [4.78, 5) is 31.4. The Morgan fingerprint density at radius 2 is 1.88 bits per heavy atom. The minimum absolute atomic E-state index is 0.119. The summed E-state index contributed by atoms with van der Waals surface area (Å²) < 4.78 is 11.8. The molecular weight excluding hydrogens is 452 g/mol. The molecule has 180 valence electrons. The molecule has 0 bridgehead atoms. The number of benzene rings is 2. The number of hydrogen-bond donors (Lipinski definition) is 0. The Morgan fingerprint density at radius 3 is 2.59 bits per heavy atom. The van der Waals surface area contributed by atoms with E-state index in [1.54, 1.807) is 17.0 Å². The number of fused-ring (bicyclic) bond motifs is 2. The number of aryl methyl sites for hydroxylation is 1. The Balaban J connectivity index is 1.83. The van der Waals surface area contributed by atoms with Crippen LogP contribution < -0.4 is 10.2 Å². The molecule has 4 rings (SSSR count). The van der Waals surface area contributed by atoms with Gasteiger partial charge >= 0.3 is 0 Å². The lowest BCUT2D eigenvalue weighted by atomic mass is 9.98. The van der Waals surface area contributed by atoms with Gasteiger partial charge in [-0.1, -0.05) is 37.6 Å². The Morgan fingerprint density at radius 1 is 1.12 bits per heavy atom. The molecule has 0 saturated carbocycles. The van der Waals surface area contributed by atoms with Crippen LogP contribution in [0.4, 0.5) is 0 Å². The summed E-state index contributed by atoms with van der Waals surface area (Å²) in [5, 5.41) is 0.883. The van der Waals surface area contributed by atoms with Crippen molar-refractivity contribution in [2.75, 3.05) is 32.8 Å². The van der Waals surface area contributed by atoms with Crippen LogP contribution in [0, 0.1) is 6.92 Å². The van der Waals surface area contributed by atoms with Gasteiger partial charge in [-0.2, -0.15) is 0 Å². The maximum atomic E-state index is 13.7. The van der Waals surface area contributed by atoms with Crippen molar-refractivity contribution in [3.8, 4) is 5.75 Å². The van der Waals surface area contributed by atoms with Gasteiger partial charge < -0.3 is 19.0 Å². The Bertz CT molecular complexity index is 1270. The lowest BCUT2D eigenvalue weighted by Gasteiger charge is -2.27. The predicted octanol–water partition coefficient (Wildman–Crippen LogP) is 5.43. The van der Waals surface area contributed by atoms with Crippen LogP contribution in [0.2, 0.25) is 5.02 Å². The number of hydrogen-bond acceptors (Lipinski definition) is 5.